The Bertz CT molecular complexity index is 391. The van der Waals surface area contributed by atoms with Crippen molar-refractivity contribution in [2.45, 2.75) is 26.3 Å². The van der Waals surface area contributed by atoms with E-state index >= 15 is 0 Å². The summed E-state index contributed by atoms with van der Waals surface area (Å²) < 4.78 is 0. The van der Waals surface area contributed by atoms with Crippen molar-refractivity contribution in [3.63, 3.8) is 0 Å². The minimum Gasteiger partial charge on any atom is -0.505 e. The zero-order valence-corrected chi connectivity index (χ0v) is 10.5. The van der Waals surface area contributed by atoms with Crippen LogP contribution in [-0.4, -0.2) is 5.11 Å². The molecule has 5 N–H and O–H groups in total. The molecule has 0 fully saturated rings. The summed E-state index contributed by atoms with van der Waals surface area (Å²) >= 11 is 0. The summed E-state index contributed by atoms with van der Waals surface area (Å²) in [6, 6.07) is 3.30. The third kappa shape index (κ3) is 3.15. The monoisotopic (exact) mass is 242 g/mol. The van der Waals surface area contributed by atoms with E-state index in [1.807, 2.05) is 19.9 Å². The van der Waals surface area contributed by atoms with Gasteiger partial charge in [0.2, 0.25) is 0 Å². The highest BCUT2D eigenvalue weighted by atomic mass is 35.5. The molecule has 1 atom stereocenters. The smallest absolute Gasteiger partial charge is 0.143 e. The first-order chi connectivity index (χ1) is 6.93. The van der Waals surface area contributed by atoms with E-state index in [0.717, 1.165) is 16.7 Å². The lowest BCUT2D eigenvalue weighted by Crippen LogP contribution is -2.13. The van der Waals surface area contributed by atoms with Crippen molar-refractivity contribution in [3.8, 4) is 5.75 Å². The van der Waals surface area contributed by atoms with Gasteiger partial charge >= 0.3 is 0 Å². The highest BCUT2D eigenvalue weighted by molar-refractivity contribution is 5.85. The Morgan fingerprint density at radius 1 is 1.50 bits per heavy atom. The maximum Gasteiger partial charge on any atom is 0.143 e. The standard InChI is InChI=1S/C12H18N2O.ClH/c1-7(2)6-10(14)11-8(3)4-5-9(13)12(11)15;/h4-5,10,15H,1,6,13-14H2,2-3H3;1H/t10-;/m0./s1. The van der Waals surface area contributed by atoms with Crippen LogP contribution in [0.15, 0.2) is 24.3 Å². The summed E-state index contributed by atoms with van der Waals surface area (Å²) in [4.78, 5) is 0. The molecule has 0 amide bonds. The van der Waals surface area contributed by atoms with Gasteiger partial charge in [-0.3, -0.25) is 0 Å². The van der Waals surface area contributed by atoms with Gasteiger partial charge in [0.1, 0.15) is 5.75 Å². The molecule has 1 aromatic carbocycles. The Morgan fingerprint density at radius 2 is 2.06 bits per heavy atom. The summed E-state index contributed by atoms with van der Waals surface area (Å²) in [5.74, 6) is 0.101. The SMILES string of the molecule is C=C(C)C[C@H](N)c1c(C)ccc(N)c1O.Cl. The molecular formula is C12H19ClN2O. The maximum atomic E-state index is 9.83. The Hall–Kier alpha value is -1.19. The minimum absolute atomic E-state index is 0. The fraction of sp³-hybridized carbons (Fsp3) is 0.333. The number of benzene rings is 1. The summed E-state index contributed by atoms with van der Waals surface area (Å²) in [5, 5.41) is 9.83. The number of phenols is 1. The lowest BCUT2D eigenvalue weighted by molar-refractivity contribution is 0.463. The predicted octanol–water partition coefficient (Wildman–Crippen LogP) is 2.67. The van der Waals surface area contributed by atoms with Crippen LogP contribution < -0.4 is 11.5 Å². The number of rotatable bonds is 3. The molecule has 4 heteroatoms. The molecule has 0 unspecified atom stereocenters. The molecule has 0 spiro atoms. The first-order valence-electron chi connectivity index (χ1n) is 4.91. The molecule has 0 saturated carbocycles. The molecule has 3 nitrogen and oxygen atoms in total. The molecule has 90 valence electrons. The quantitative estimate of drug-likeness (QED) is 0.434. The Labute approximate surface area is 103 Å². The molecule has 0 aliphatic heterocycles. The molecule has 0 heterocycles. The Morgan fingerprint density at radius 3 is 2.56 bits per heavy atom. The third-order valence-corrected chi connectivity index (χ3v) is 2.41. The largest absolute Gasteiger partial charge is 0.505 e. The Kier molecular flexibility index (Phi) is 5.35. The summed E-state index contributed by atoms with van der Waals surface area (Å²) in [6.07, 6.45) is 0.651. The first kappa shape index (κ1) is 14.8. The number of aryl methyl sites for hydroxylation is 1. The second-order valence-electron chi connectivity index (χ2n) is 4.00. The van der Waals surface area contributed by atoms with E-state index in [-0.39, 0.29) is 24.2 Å². The van der Waals surface area contributed by atoms with E-state index in [2.05, 4.69) is 6.58 Å². The van der Waals surface area contributed by atoms with E-state index in [4.69, 9.17) is 11.5 Å². The van der Waals surface area contributed by atoms with Crippen LogP contribution in [-0.2, 0) is 0 Å². The molecule has 0 aromatic heterocycles. The van der Waals surface area contributed by atoms with Crippen molar-refractivity contribution in [3.05, 3.63) is 35.4 Å². The first-order valence-corrected chi connectivity index (χ1v) is 4.91. The summed E-state index contributed by atoms with van der Waals surface area (Å²) in [5.41, 5.74) is 14.7. The molecule has 16 heavy (non-hydrogen) atoms. The van der Waals surface area contributed by atoms with Crippen molar-refractivity contribution >= 4 is 18.1 Å². The molecule has 0 aliphatic rings. The predicted molar refractivity (Wildman–Crippen MR) is 70.9 cm³/mol. The van der Waals surface area contributed by atoms with Crippen molar-refractivity contribution in [1.29, 1.82) is 0 Å². The van der Waals surface area contributed by atoms with Crippen LogP contribution in [0.3, 0.4) is 0 Å². The Balaban J connectivity index is 0.00000225. The molecule has 1 aromatic rings. The van der Waals surface area contributed by atoms with Gasteiger partial charge in [-0.05, 0) is 31.9 Å². The minimum atomic E-state index is -0.244. The highest BCUT2D eigenvalue weighted by Gasteiger charge is 2.15. The summed E-state index contributed by atoms with van der Waals surface area (Å²) in [7, 11) is 0. The number of aromatic hydroxyl groups is 1. The number of phenolic OH excluding ortho intramolecular Hbond substituents is 1. The van der Waals surface area contributed by atoms with Gasteiger partial charge < -0.3 is 16.6 Å². The van der Waals surface area contributed by atoms with E-state index in [0.29, 0.717) is 12.1 Å². The number of halogens is 1. The number of anilines is 1. The molecule has 0 radical (unpaired) electrons. The number of nitrogen functional groups attached to an aromatic ring is 1. The number of hydrogen-bond donors (Lipinski definition) is 3. The van der Waals surface area contributed by atoms with Gasteiger partial charge in [0.15, 0.2) is 0 Å². The maximum absolute atomic E-state index is 9.83. The fourth-order valence-corrected chi connectivity index (χ4v) is 1.67. The molecule has 0 saturated heterocycles. The van der Waals surface area contributed by atoms with Crippen molar-refractivity contribution in [2.24, 2.45) is 5.73 Å². The average molecular weight is 243 g/mol. The van der Waals surface area contributed by atoms with Crippen molar-refractivity contribution in [2.75, 3.05) is 5.73 Å². The van der Waals surface area contributed by atoms with E-state index in [1.165, 1.54) is 0 Å². The van der Waals surface area contributed by atoms with E-state index in [1.54, 1.807) is 6.07 Å². The second kappa shape index (κ2) is 5.77. The van der Waals surface area contributed by atoms with Crippen molar-refractivity contribution < 1.29 is 5.11 Å². The van der Waals surface area contributed by atoms with Gasteiger partial charge in [-0.2, -0.15) is 0 Å². The topological polar surface area (TPSA) is 72.3 Å². The average Bonchev–Trinajstić information content (AvgIpc) is 2.11. The van der Waals surface area contributed by atoms with Crippen LogP contribution in [0.25, 0.3) is 0 Å². The van der Waals surface area contributed by atoms with Gasteiger partial charge in [0.05, 0.1) is 5.69 Å². The molecule has 0 bridgehead atoms. The summed E-state index contributed by atoms with van der Waals surface area (Å²) in [6.45, 7) is 7.63. The lowest BCUT2D eigenvalue weighted by atomic mass is 9.95. The van der Waals surface area contributed by atoms with Crippen LogP contribution >= 0.6 is 12.4 Å². The zero-order valence-electron chi connectivity index (χ0n) is 9.66. The van der Waals surface area contributed by atoms with Crippen LogP contribution in [0.1, 0.15) is 30.5 Å². The highest BCUT2D eigenvalue weighted by Crippen LogP contribution is 2.33. The molecular weight excluding hydrogens is 224 g/mol. The third-order valence-electron chi connectivity index (χ3n) is 2.41. The normalized spacial score (nSPS) is 11.7. The number of hydrogen-bond acceptors (Lipinski definition) is 3. The van der Waals surface area contributed by atoms with Gasteiger partial charge in [-0.1, -0.05) is 11.6 Å². The van der Waals surface area contributed by atoms with E-state index in [9.17, 15) is 5.11 Å². The van der Waals surface area contributed by atoms with Gasteiger partial charge in [-0.25, -0.2) is 0 Å². The second-order valence-corrected chi connectivity index (χ2v) is 4.00. The van der Waals surface area contributed by atoms with Crippen LogP contribution in [0, 0.1) is 6.92 Å². The lowest BCUT2D eigenvalue weighted by Gasteiger charge is -2.17. The molecule has 0 aliphatic carbocycles. The van der Waals surface area contributed by atoms with E-state index < -0.39 is 0 Å². The molecule has 1 rings (SSSR count). The van der Waals surface area contributed by atoms with Gasteiger partial charge in [-0.15, -0.1) is 19.0 Å². The van der Waals surface area contributed by atoms with Crippen LogP contribution in [0.5, 0.6) is 5.75 Å². The van der Waals surface area contributed by atoms with Crippen LogP contribution in [0.4, 0.5) is 5.69 Å². The van der Waals surface area contributed by atoms with Gasteiger partial charge in [0.25, 0.3) is 0 Å². The zero-order chi connectivity index (χ0) is 11.6. The fourth-order valence-electron chi connectivity index (χ4n) is 1.67. The van der Waals surface area contributed by atoms with Crippen LogP contribution in [0.2, 0.25) is 0 Å². The van der Waals surface area contributed by atoms with Gasteiger partial charge in [0, 0.05) is 11.6 Å². The van der Waals surface area contributed by atoms with Crippen molar-refractivity contribution in [1.82, 2.24) is 0 Å². The number of nitrogens with two attached hydrogens (primary N) is 2.